The summed E-state index contributed by atoms with van der Waals surface area (Å²) in [5, 5.41) is 0. The van der Waals surface area contributed by atoms with Crippen LogP contribution >= 0.6 is 0 Å². The summed E-state index contributed by atoms with van der Waals surface area (Å²) in [4.78, 5) is 0. The lowest BCUT2D eigenvalue weighted by Gasteiger charge is -2.40. The zero-order valence-electron chi connectivity index (χ0n) is 9.48. The molecule has 2 aliphatic rings. The summed E-state index contributed by atoms with van der Waals surface area (Å²) in [5.41, 5.74) is 7.14. The Hall–Kier alpha value is -1.06. The molecule has 16 heavy (non-hydrogen) atoms. The number of hydrogen-bond donors (Lipinski definition) is 1. The second-order valence-corrected chi connectivity index (χ2v) is 4.78. The first-order chi connectivity index (χ1) is 7.71. The fraction of sp³-hybridized carbons (Fsp3) is 0.538. The first-order valence-electron chi connectivity index (χ1n) is 5.86. The van der Waals surface area contributed by atoms with Crippen LogP contribution in [-0.2, 0) is 4.74 Å². The highest BCUT2D eigenvalue weighted by molar-refractivity contribution is 5.39. The van der Waals surface area contributed by atoms with Crippen molar-refractivity contribution in [3.05, 3.63) is 29.8 Å². The fourth-order valence-electron chi connectivity index (χ4n) is 2.79. The van der Waals surface area contributed by atoms with Gasteiger partial charge < -0.3 is 15.2 Å². The predicted molar refractivity (Wildman–Crippen MR) is 61.4 cm³/mol. The molecule has 0 aliphatic carbocycles. The van der Waals surface area contributed by atoms with E-state index in [4.69, 9.17) is 15.2 Å². The molecule has 0 bridgehead atoms. The maximum Gasteiger partial charge on any atom is 0.139 e. The van der Waals surface area contributed by atoms with Crippen molar-refractivity contribution in [1.29, 1.82) is 0 Å². The lowest BCUT2D eigenvalue weighted by atomic mass is 9.83. The molecule has 2 aliphatic heterocycles. The Morgan fingerprint density at radius 3 is 2.94 bits per heavy atom. The lowest BCUT2D eigenvalue weighted by Crippen LogP contribution is -2.47. The second kappa shape index (κ2) is 3.47. The van der Waals surface area contributed by atoms with E-state index >= 15 is 0 Å². The number of nitrogens with two attached hydrogens (primary N) is 1. The van der Waals surface area contributed by atoms with Gasteiger partial charge in [0.15, 0.2) is 0 Å². The average Bonchev–Trinajstić information content (AvgIpc) is 2.60. The number of benzene rings is 1. The lowest BCUT2D eigenvalue weighted by molar-refractivity contribution is -0.0275. The topological polar surface area (TPSA) is 44.5 Å². The molecule has 1 aromatic rings. The first-order valence-corrected chi connectivity index (χ1v) is 5.86. The van der Waals surface area contributed by atoms with Crippen molar-refractivity contribution in [2.45, 2.75) is 37.5 Å². The zero-order valence-corrected chi connectivity index (χ0v) is 9.48. The van der Waals surface area contributed by atoms with Crippen molar-refractivity contribution < 1.29 is 9.47 Å². The molecule has 3 atom stereocenters. The van der Waals surface area contributed by atoms with Crippen LogP contribution in [0.3, 0.4) is 0 Å². The molecule has 0 radical (unpaired) electrons. The molecule has 1 aromatic carbocycles. The summed E-state index contributed by atoms with van der Waals surface area (Å²) < 4.78 is 11.8. The molecule has 86 valence electrons. The van der Waals surface area contributed by atoms with Gasteiger partial charge >= 0.3 is 0 Å². The summed E-state index contributed by atoms with van der Waals surface area (Å²) in [6.45, 7) is 2.85. The van der Waals surface area contributed by atoms with Crippen LogP contribution in [0.25, 0.3) is 0 Å². The molecule has 3 rings (SSSR count). The number of hydrogen-bond acceptors (Lipinski definition) is 3. The average molecular weight is 219 g/mol. The number of ether oxygens (including phenoxy) is 2. The highest BCUT2D eigenvalue weighted by Gasteiger charge is 2.48. The van der Waals surface area contributed by atoms with Crippen molar-refractivity contribution in [1.82, 2.24) is 0 Å². The van der Waals surface area contributed by atoms with Gasteiger partial charge in [-0.15, -0.1) is 0 Å². The van der Waals surface area contributed by atoms with Gasteiger partial charge in [0.2, 0.25) is 0 Å². The van der Waals surface area contributed by atoms with Crippen molar-refractivity contribution in [3.63, 3.8) is 0 Å². The standard InChI is InChI=1S/C13H17NO2/c1-9-13(6-7-15-9)8-11(14)10-4-2-3-5-12(10)16-13/h2-5,9,11H,6-8,14H2,1H3/t9?,11-,13?/m1/s1. The number of fused-ring (bicyclic) bond motifs is 1. The molecule has 0 saturated carbocycles. The molecule has 3 nitrogen and oxygen atoms in total. The van der Waals surface area contributed by atoms with E-state index in [0.29, 0.717) is 0 Å². The Bertz CT molecular complexity index is 407. The molecule has 1 fully saturated rings. The van der Waals surface area contributed by atoms with E-state index in [1.54, 1.807) is 0 Å². The third-order valence-electron chi connectivity index (χ3n) is 3.83. The summed E-state index contributed by atoms with van der Waals surface area (Å²) in [5.74, 6) is 0.929. The minimum Gasteiger partial charge on any atom is -0.484 e. The van der Waals surface area contributed by atoms with Gasteiger partial charge in [-0.2, -0.15) is 0 Å². The van der Waals surface area contributed by atoms with E-state index in [1.165, 1.54) is 0 Å². The molecule has 2 heterocycles. The van der Waals surface area contributed by atoms with E-state index < -0.39 is 0 Å². The van der Waals surface area contributed by atoms with Crippen molar-refractivity contribution in [2.24, 2.45) is 5.73 Å². The quantitative estimate of drug-likeness (QED) is 0.726. The van der Waals surface area contributed by atoms with Gasteiger partial charge in [-0.25, -0.2) is 0 Å². The van der Waals surface area contributed by atoms with Gasteiger partial charge in [-0.3, -0.25) is 0 Å². The van der Waals surface area contributed by atoms with Gasteiger partial charge in [0, 0.05) is 24.4 Å². The third-order valence-corrected chi connectivity index (χ3v) is 3.83. The monoisotopic (exact) mass is 219 g/mol. The van der Waals surface area contributed by atoms with E-state index in [2.05, 4.69) is 6.92 Å². The van der Waals surface area contributed by atoms with E-state index in [-0.39, 0.29) is 17.7 Å². The van der Waals surface area contributed by atoms with Crippen LogP contribution in [0.5, 0.6) is 5.75 Å². The molecule has 0 aromatic heterocycles. The van der Waals surface area contributed by atoms with Crippen LogP contribution in [0.15, 0.2) is 24.3 Å². The van der Waals surface area contributed by atoms with E-state index in [0.717, 1.165) is 30.8 Å². The molecule has 2 unspecified atom stereocenters. The van der Waals surface area contributed by atoms with E-state index in [9.17, 15) is 0 Å². The predicted octanol–water partition coefficient (Wildman–Crippen LogP) is 2.02. The summed E-state index contributed by atoms with van der Waals surface area (Å²) in [7, 11) is 0. The number of rotatable bonds is 0. The first kappa shape index (κ1) is 10.1. The Balaban J connectivity index is 2.00. The largest absolute Gasteiger partial charge is 0.484 e. The smallest absolute Gasteiger partial charge is 0.139 e. The molecule has 0 amide bonds. The number of para-hydroxylation sites is 1. The van der Waals surface area contributed by atoms with Gasteiger partial charge in [-0.05, 0) is 13.0 Å². The molecule has 1 spiro atoms. The molecular weight excluding hydrogens is 202 g/mol. The van der Waals surface area contributed by atoms with Gasteiger partial charge in [0.1, 0.15) is 11.4 Å². The molecular formula is C13H17NO2. The molecule has 2 N–H and O–H groups in total. The Labute approximate surface area is 95.5 Å². The Morgan fingerprint density at radius 2 is 2.19 bits per heavy atom. The maximum absolute atomic E-state index is 6.23. The highest BCUT2D eigenvalue weighted by atomic mass is 16.6. The summed E-state index contributed by atoms with van der Waals surface area (Å²) in [6, 6.07) is 8.11. The minimum atomic E-state index is -0.201. The summed E-state index contributed by atoms with van der Waals surface area (Å²) in [6.07, 6.45) is 1.92. The Morgan fingerprint density at radius 1 is 1.38 bits per heavy atom. The highest BCUT2D eigenvalue weighted by Crippen LogP contribution is 2.44. The second-order valence-electron chi connectivity index (χ2n) is 4.78. The van der Waals surface area contributed by atoms with Gasteiger partial charge in [0.25, 0.3) is 0 Å². The van der Waals surface area contributed by atoms with Crippen LogP contribution in [0, 0.1) is 0 Å². The van der Waals surface area contributed by atoms with Gasteiger partial charge in [-0.1, -0.05) is 18.2 Å². The fourth-order valence-corrected chi connectivity index (χ4v) is 2.79. The minimum absolute atomic E-state index is 0.0640. The Kier molecular flexibility index (Phi) is 2.19. The van der Waals surface area contributed by atoms with Crippen molar-refractivity contribution >= 4 is 0 Å². The van der Waals surface area contributed by atoms with Crippen LogP contribution in [0.1, 0.15) is 31.4 Å². The SMILES string of the molecule is CC1OCCC12C[C@@H](N)c1ccccc1O2. The van der Waals surface area contributed by atoms with E-state index in [1.807, 2.05) is 24.3 Å². The maximum atomic E-state index is 6.23. The van der Waals surface area contributed by atoms with Crippen LogP contribution in [0.2, 0.25) is 0 Å². The third kappa shape index (κ3) is 1.35. The van der Waals surface area contributed by atoms with Gasteiger partial charge in [0.05, 0.1) is 12.7 Å². The van der Waals surface area contributed by atoms with Crippen LogP contribution in [-0.4, -0.2) is 18.3 Å². The molecule has 1 saturated heterocycles. The summed E-state index contributed by atoms with van der Waals surface area (Å²) >= 11 is 0. The van der Waals surface area contributed by atoms with Crippen LogP contribution in [0.4, 0.5) is 0 Å². The normalized spacial score (nSPS) is 37.1. The van der Waals surface area contributed by atoms with Crippen molar-refractivity contribution in [3.8, 4) is 5.75 Å². The van der Waals surface area contributed by atoms with Crippen LogP contribution < -0.4 is 10.5 Å². The van der Waals surface area contributed by atoms with Crippen molar-refractivity contribution in [2.75, 3.05) is 6.61 Å². The molecule has 3 heteroatoms. The zero-order chi connectivity index (χ0) is 11.2.